The van der Waals surface area contributed by atoms with Gasteiger partial charge in [0.15, 0.2) is 9.84 Å². The molecule has 0 N–H and O–H groups in total. The predicted octanol–water partition coefficient (Wildman–Crippen LogP) is 2.06. The van der Waals surface area contributed by atoms with E-state index in [1.807, 2.05) is 12.4 Å². The molecule has 7 heteroatoms. The van der Waals surface area contributed by atoms with Crippen molar-refractivity contribution in [3.05, 3.63) is 16.1 Å². The van der Waals surface area contributed by atoms with Gasteiger partial charge in [0.2, 0.25) is 0 Å². The van der Waals surface area contributed by atoms with E-state index in [9.17, 15) is 8.42 Å². The molecule has 0 saturated carbocycles. The third kappa shape index (κ3) is 3.04. The molecular weight excluding hydrogens is 292 g/mol. The molecule has 1 aromatic rings. The van der Waals surface area contributed by atoms with Crippen molar-refractivity contribution in [1.82, 2.24) is 9.88 Å². The first-order valence-corrected chi connectivity index (χ1v) is 9.09. The van der Waals surface area contributed by atoms with E-state index >= 15 is 0 Å². The van der Waals surface area contributed by atoms with Gasteiger partial charge in [0, 0.05) is 11.4 Å². The molecule has 0 spiro atoms. The van der Waals surface area contributed by atoms with Gasteiger partial charge >= 0.3 is 0 Å². The molecular formula is C11H17ClN2O2S2. The van der Waals surface area contributed by atoms with Crippen LogP contribution in [0.2, 0.25) is 0 Å². The van der Waals surface area contributed by atoms with Crippen LogP contribution in [0.4, 0.5) is 0 Å². The zero-order valence-corrected chi connectivity index (χ0v) is 12.9. The Labute approximate surface area is 117 Å². The van der Waals surface area contributed by atoms with Crippen LogP contribution in [0.5, 0.6) is 0 Å². The molecule has 0 amide bonds. The maximum atomic E-state index is 11.5. The Kier molecular flexibility index (Phi) is 4.31. The summed E-state index contributed by atoms with van der Waals surface area (Å²) in [4.78, 5) is 6.57. The Bertz CT molecular complexity index is 515. The van der Waals surface area contributed by atoms with Crippen molar-refractivity contribution in [2.75, 3.05) is 18.6 Å². The average Bonchev–Trinajstić information content (AvgIpc) is 2.93. The minimum atomic E-state index is -2.84. The number of rotatable bonds is 4. The molecule has 102 valence electrons. The van der Waals surface area contributed by atoms with Crippen LogP contribution in [-0.4, -0.2) is 42.9 Å². The predicted molar refractivity (Wildman–Crippen MR) is 74.9 cm³/mol. The Morgan fingerprint density at radius 3 is 2.89 bits per heavy atom. The van der Waals surface area contributed by atoms with Gasteiger partial charge in [0.25, 0.3) is 0 Å². The number of sulfone groups is 1. The molecule has 0 bridgehead atoms. The normalized spacial score (nSPS) is 24.6. The zero-order chi connectivity index (χ0) is 13.3. The average molecular weight is 309 g/mol. The fourth-order valence-electron chi connectivity index (χ4n) is 2.16. The summed E-state index contributed by atoms with van der Waals surface area (Å²) in [7, 11) is -0.865. The van der Waals surface area contributed by atoms with Gasteiger partial charge in [-0.1, -0.05) is 0 Å². The molecule has 2 atom stereocenters. The van der Waals surface area contributed by atoms with E-state index in [0.717, 1.165) is 17.1 Å². The van der Waals surface area contributed by atoms with Crippen molar-refractivity contribution in [1.29, 1.82) is 0 Å². The van der Waals surface area contributed by atoms with Crippen molar-refractivity contribution in [2.45, 2.75) is 31.3 Å². The lowest BCUT2D eigenvalue weighted by atomic mass is 10.2. The highest BCUT2D eigenvalue weighted by atomic mass is 35.5. The second-order valence-electron chi connectivity index (χ2n) is 4.71. The number of alkyl halides is 1. The topological polar surface area (TPSA) is 50.3 Å². The van der Waals surface area contributed by atoms with Crippen molar-refractivity contribution < 1.29 is 8.42 Å². The first kappa shape index (κ1) is 14.2. The number of hydrogen-bond acceptors (Lipinski definition) is 5. The van der Waals surface area contributed by atoms with E-state index in [1.54, 1.807) is 11.3 Å². The highest BCUT2D eigenvalue weighted by molar-refractivity contribution is 7.91. The van der Waals surface area contributed by atoms with Crippen LogP contribution in [0.1, 0.15) is 30.1 Å². The fourth-order valence-corrected chi connectivity index (χ4v) is 5.10. The van der Waals surface area contributed by atoms with Crippen molar-refractivity contribution in [3.63, 3.8) is 0 Å². The fraction of sp³-hybridized carbons (Fsp3) is 0.727. The standard InChI is InChI=1S/C11H17ClN2O2S2/c1-8(11-13-9(5-12)6-17-11)14(2)10-3-4-18(15,16)7-10/h6,8,10H,3-5,7H2,1-2H3. The van der Waals surface area contributed by atoms with Crippen LogP contribution in [0.15, 0.2) is 5.38 Å². The number of hydrogen-bond donors (Lipinski definition) is 0. The Morgan fingerprint density at radius 1 is 1.67 bits per heavy atom. The van der Waals surface area contributed by atoms with Gasteiger partial charge in [-0.25, -0.2) is 13.4 Å². The summed E-state index contributed by atoms with van der Waals surface area (Å²) in [5.41, 5.74) is 0.885. The first-order valence-electron chi connectivity index (χ1n) is 5.85. The van der Waals surface area contributed by atoms with Crippen molar-refractivity contribution in [3.8, 4) is 0 Å². The summed E-state index contributed by atoms with van der Waals surface area (Å²) in [6, 6.07) is 0.235. The van der Waals surface area contributed by atoms with E-state index in [0.29, 0.717) is 11.6 Å². The Hall–Kier alpha value is -0.170. The van der Waals surface area contributed by atoms with Crippen LogP contribution in [0, 0.1) is 0 Å². The molecule has 2 unspecified atom stereocenters. The summed E-state index contributed by atoms with van der Waals surface area (Å²) < 4.78 is 23.0. The summed E-state index contributed by atoms with van der Waals surface area (Å²) in [6.07, 6.45) is 0.719. The largest absolute Gasteiger partial charge is 0.293 e. The second-order valence-corrected chi connectivity index (χ2v) is 8.09. The lowest BCUT2D eigenvalue weighted by molar-refractivity contribution is 0.200. The van der Waals surface area contributed by atoms with Gasteiger partial charge in [-0.3, -0.25) is 4.90 Å². The van der Waals surface area contributed by atoms with Crippen LogP contribution in [0.3, 0.4) is 0 Å². The van der Waals surface area contributed by atoms with E-state index < -0.39 is 9.84 Å². The molecule has 1 saturated heterocycles. The van der Waals surface area contributed by atoms with Crippen LogP contribution >= 0.6 is 22.9 Å². The third-order valence-corrected chi connectivity index (χ3v) is 6.55. The molecule has 18 heavy (non-hydrogen) atoms. The van der Waals surface area contributed by atoms with Crippen molar-refractivity contribution >= 4 is 32.8 Å². The molecule has 2 heterocycles. The molecule has 0 aromatic carbocycles. The van der Waals surface area contributed by atoms with Crippen LogP contribution < -0.4 is 0 Å². The van der Waals surface area contributed by atoms with E-state index in [4.69, 9.17) is 11.6 Å². The molecule has 1 fully saturated rings. The summed E-state index contributed by atoms with van der Waals surface area (Å²) in [5, 5.41) is 2.95. The third-order valence-electron chi connectivity index (χ3n) is 3.46. The molecule has 0 aliphatic carbocycles. The second kappa shape index (κ2) is 5.45. The van der Waals surface area contributed by atoms with Gasteiger partial charge in [-0.05, 0) is 20.4 Å². The molecule has 1 aliphatic heterocycles. The number of nitrogens with zero attached hydrogens (tertiary/aromatic N) is 2. The highest BCUT2D eigenvalue weighted by Crippen LogP contribution is 2.28. The summed E-state index contributed by atoms with van der Waals surface area (Å²) in [5.74, 6) is 0.992. The summed E-state index contributed by atoms with van der Waals surface area (Å²) >= 11 is 7.32. The summed E-state index contributed by atoms with van der Waals surface area (Å²) in [6.45, 7) is 2.06. The van der Waals surface area contributed by atoms with Gasteiger partial charge in [0.1, 0.15) is 5.01 Å². The molecule has 1 aromatic heterocycles. The number of thiazole rings is 1. The van der Waals surface area contributed by atoms with Gasteiger partial charge in [-0.15, -0.1) is 22.9 Å². The maximum absolute atomic E-state index is 11.5. The highest BCUT2D eigenvalue weighted by Gasteiger charge is 2.33. The van der Waals surface area contributed by atoms with Crippen LogP contribution in [0.25, 0.3) is 0 Å². The molecule has 2 rings (SSSR count). The lowest BCUT2D eigenvalue weighted by Gasteiger charge is -2.28. The minimum Gasteiger partial charge on any atom is -0.293 e. The van der Waals surface area contributed by atoms with Gasteiger partial charge < -0.3 is 0 Å². The number of aromatic nitrogens is 1. The smallest absolute Gasteiger partial charge is 0.151 e. The zero-order valence-electron chi connectivity index (χ0n) is 10.5. The lowest BCUT2D eigenvalue weighted by Crippen LogP contribution is -2.34. The van der Waals surface area contributed by atoms with Gasteiger partial charge in [-0.2, -0.15) is 0 Å². The first-order chi connectivity index (χ1) is 8.43. The SMILES string of the molecule is CC(c1nc(CCl)cs1)N(C)C1CCS(=O)(=O)C1. The monoisotopic (exact) mass is 308 g/mol. The molecule has 0 radical (unpaired) electrons. The van der Waals surface area contributed by atoms with E-state index in [2.05, 4.69) is 16.8 Å². The Morgan fingerprint density at radius 2 is 2.39 bits per heavy atom. The Balaban J connectivity index is 2.07. The quantitative estimate of drug-likeness (QED) is 0.799. The molecule has 1 aliphatic rings. The minimum absolute atomic E-state index is 0.105. The van der Waals surface area contributed by atoms with Crippen LogP contribution in [-0.2, 0) is 15.7 Å². The maximum Gasteiger partial charge on any atom is 0.151 e. The van der Waals surface area contributed by atoms with Crippen molar-refractivity contribution in [2.24, 2.45) is 0 Å². The van der Waals surface area contributed by atoms with E-state index in [1.165, 1.54) is 0 Å². The molecule has 4 nitrogen and oxygen atoms in total. The van der Waals surface area contributed by atoms with Gasteiger partial charge in [0.05, 0.1) is 29.1 Å². The van der Waals surface area contributed by atoms with E-state index in [-0.39, 0.29) is 17.8 Å². The number of halogens is 1.